The first-order valence-electron chi connectivity index (χ1n) is 6.75. The van der Waals surface area contributed by atoms with Gasteiger partial charge in [-0.05, 0) is 44.9 Å². The van der Waals surface area contributed by atoms with Crippen LogP contribution in [0.4, 0.5) is 0 Å². The molecule has 0 spiro atoms. The van der Waals surface area contributed by atoms with Gasteiger partial charge in [0.15, 0.2) is 0 Å². The second-order valence-electron chi connectivity index (χ2n) is 5.06. The van der Waals surface area contributed by atoms with Crippen LogP contribution in [0.25, 0.3) is 0 Å². The van der Waals surface area contributed by atoms with Crippen LogP contribution in [-0.4, -0.2) is 18.0 Å². The maximum atomic E-state index is 12.4. The van der Waals surface area contributed by atoms with Gasteiger partial charge in [-0.2, -0.15) is 0 Å². The van der Waals surface area contributed by atoms with Crippen LogP contribution in [0.1, 0.15) is 42.4 Å². The van der Waals surface area contributed by atoms with Crippen molar-refractivity contribution in [1.29, 1.82) is 0 Å². The van der Waals surface area contributed by atoms with Crippen molar-refractivity contribution in [2.24, 2.45) is 0 Å². The van der Waals surface area contributed by atoms with Gasteiger partial charge in [-0.25, -0.2) is 0 Å². The molecule has 1 unspecified atom stereocenters. The number of nitrogens with one attached hydrogen (secondary N) is 2. The molecule has 1 amide bonds. The second kappa shape index (κ2) is 5.85. The van der Waals surface area contributed by atoms with E-state index in [1.165, 1.54) is 9.75 Å². The molecule has 2 N–H and O–H groups in total. The van der Waals surface area contributed by atoms with Gasteiger partial charge < -0.3 is 10.6 Å². The summed E-state index contributed by atoms with van der Waals surface area (Å²) in [6.07, 6.45) is 4.04. The highest BCUT2D eigenvalue weighted by Gasteiger charge is 2.39. The number of hydrogen-bond acceptors (Lipinski definition) is 3. The molecule has 0 saturated carbocycles. The molecule has 3 nitrogen and oxygen atoms in total. The molecule has 4 heteroatoms. The minimum atomic E-state index is -0.305. The van der Waals surface area contributed by atoms with E-state index in [1.807, 2.05) is 0 Å². The normalized spacial score (nSPS) is 23.2. The van der Waals surface area contributed by atoms with Crippen LogP contribution in [0, 0.1) is 6.92 Å². The topological polar surface area (TPSA) is 41.1 Å². The number of thiophene rings is 1. The van der Waals surface area contributed by atoms with Crippen molar-refractivity contribution in [2.75, 3.05) is 6.54 Å². The number of hydrogen-bond donors (Lipinski definition) is 2. The number of rotatable bonds is 5. The van der Waals surface area contributed by atoms with E-state index in [4.69, 9.17) is 0 Å². The zero-order chi connectivity index (χ0) is 13.0. The number of aryl methyl sites for hydroxylation is 1. The number of carbonyl (C=O) groups is 1. The van der Waals surface area contributed by atoms with Gasteiger partial charge in [-0.3, -0.25) is 4.79 Å². The zero-order valence-electron chi connectivity index (χ0n) is 11.2. The van der Waals surface area contributed by atoms with Crippen molar-refractivity contribution < 1.29 is 4.79 Å². The summed E-state index contributed by atoms with van der Waals surface area (Å²) in [4.78, 5) is 14.9. The first kappa shape index (κ1) is 13.6. The summed E-state index contributed by atoms with van der Waals surface area (Å²) in [6, 6.07) is 4.19. The predicted octanol–water partition coefficient (Wildman–Crippen LogP) is 2.60. The molecule has 1 aromatic heterocycles. The fraction of sp³-hybridized carbons (Fsp3) is 0.643. The van der Waals surface area contributed by atoms with Crippen molar-refractivity contribution in [2.45, 2.75) is 51.6 Å². The summed E-state index contributed by atoms with van der Waals surface area (Å²) in [5.41, 5.74) is -0.305. The summed E-state index contributed by atoms with van der Waals surface area (Å²) in [5, 5.41) is 6.49. The molecule has 18 heavy (non-hydrogen) atoms. The Morgan fingerprint density at radius 3 is 2.94 bits per heavy atom. The Bertz CT molecular complexity index is 408. The molecule has 2 heterocycles. The van der Waals surface area contributed by atoms with Gasteiger partial charge in [-0.15, -0.1) is 11.3 Å². The fourth-order valence-corrected chi connectivity index (χ4v) is 3.50. The molecule has 0 bridgehead atoms. The highest BCUT2D eigenvalue weighted by Crippen LogP contribution is 2.25. The maximum Gasteiger partial charge on any atom is 0.240 e. The maximum absolute atomic E-state index is 12.4. The predicted molar refractivity (Wildman–Crippen MR) is 75.8 cm³/mol. The first-order valence-corrected chi connectivity index (χ1v) is 7.56. The van der Waals surface area contributed by atoms with E-state index in [0.29, 0.717) is 6.54 Å². The largest absolute Gasteiger partial charge is 0.350 e. The van der Waals surface area contributed by atoms with Gasteiger partial charge in [0.05, 0.1) is 12.1 Å². The van der Waals surface area contributed by atoms with Crippen LogP contribution in [0.2, 0.25) is 0 Å². The third-order valence-electron chi connectivity index (χ3n) is 3.57. The first-order chi connectivity index (χ1) is 8.66. The Morgan fingerprint density at radius 1 is 1.56 bits per heavy atom. The average Bonchev–Trinajstić information content (AvgIpc) is 2.97. The fourth-order valence-electron chi connectivity index (χ4n) is 2.67. The lowest BCUT2D eigenvalue weighted by Gasteiger charge is -2.27. The van der Waals surface area contributed by atoms with Crippen molar-refractivity contribution in [3.8, 4) is 0 Å². The van der Waals surface area contributed by atoms with Crippen molar-refractivity contribution in [3.05, 3.63) is 21.9 Å². The third-order valence-corrected chi connectivity index (χ3v) is 4.57. The lowest BCUT2D eigenvalue weighted by Crippen LogP contribution is -2.53. The molecule has 0 radical (unpaired) electrons. The third kappa shape index (κ3) is 2.93. The molecule has 2 rings (SSSR count). The summed E-state index contributed by atoms with van der Waals surface area (Å²) >= 11 is 1.75. The van der Waals surface area contributed by atoms with Gasteiger partial charge >= 0.3 is 0 Å². The number of amides is 1. The molecular formula is C14H22N2OS. The summed E-state index contributed by atoms with van der Waals surface area (Å²) in [6.45, 7) is 5.85. The van der Waals surface area contributed by atoms with Crippen LogP contribution in [0.15, 0.2) is 12.1 Å². The SMILES string of the molecule is CCCC1(C(=O)NCc2ccc(C)s2)CCCN1. The molecule has 1 aliphatic heterocycles. The molecule has 1 fully saturated rings. The van der Waals surface area contributed by atoms with Gasteiger partial charge in [0.2, 0.25) is 5.91 Å². The van der Waals surface area contributed by atoms with E-state index < -0.39 is 0 Å². The summed E-state index contributed by atoms with van der Waals surface area (Å²) in [5.74, 6) is 0.174. The minimum Gasteiger partial charge on any atom is -0.350 e. The van der Waals surface area contributed by atoms with Gasteiger partial charge in [0, 0.05) is 9.75 Å². The molecule has 1 aromatic rings. The summed E-state index contributed by atoms with van der Waals surface area (Å²) < 4.78 is 0. The highest BCUT2D eigenvalue weighted by atomic mass is 32.1. The van der Waals surface area contributed by atoms with E-state index in [-0.39, 0.29) is 11.4 Å². The molecule has 0 aliphatic carbocycles. The monoisotopic (exact) mass is 266 g/mol. The molecule has 100 valence electrons. The van der Waals surface area contributed by atoms with Crippen molar-refractivity contribution in [1.82, 2.24) is 10.6 Å². The van der Waals surface area contributed by atoms with E-state index in [2.05, 4.69) is 36.6 Å². The van der Waals surface area contributed by atoms with Crippen LogP contribution >= 0.6 is 11.3 Å². The van der Waals surface area contributed by atoms with E-state index >= 15 is 0 Å². The lowest BCUT2D eigenvalue weighted by atomic mass is 9.91. The number of carbonyl (C=O) groups excluding carboxylic acids is 1. The average molecular weight is 266 g/mol. The zero-order valence-corrected chi connectivity index (χ0v) is 12.0. The second-order valence-corrected chi connectivity index (χ2v) is 6.43. The Balaban J connectivity index is 1.93. The highest BCUT2D eigenvalue weighted by molar-refractivity contribution is 7.11. The van der Waals surface area contributed by atoms with Gasteiger partial charge in [-0.1, -0.05) is 13.3 Å². The van der Waals surface area contributed by atoms with Crippen LogP contribution < -0.4 is 10.6 Å². The van der Waals surface area contributed by atoms with Crippen molar-refractivity contribution >= 4 is 17.2 Å². The van der Waals surface area contributed by atoms with Crippen LogP contribution in [0.5, 0.6) is 0 Å². The Hall–Kier alpha value is -0.870. The minimum absolute atomic E-state index is 0.174. The Labute approximate surface area is 113 Å². The van der Waals surface area contributed by atoms with Crippen LogP contribution in [0.3, 0.4) is 0 Å². The standard InChI is InChI=1S/C14H22N2OS/c1-3-7-14(8-4-9-16-14)13(17)15-10-12-6-5-11(2)18-12/h5-6,16H,3-4,7-10H2,1-2H3,(H,15,17). The van der Waals surface area contributed by atoms with E-state index in [1.54, 1.807) is 11.3 Å². The molecule has 1 atom stereocenters. The smallest absolute Gasteiger partial charge is 0.240 e. The summed E-state index contributed by atoms with van der Waals surface area (Å²) in [7, 11) is 0. The quantitative estimate of drug-likeness (QED) is 0.860. The molecule has 0 aromatic carbocycles. The van der Waals surface area contributed by atoms with Gasteiger partial charge in [0.1, 0.15) is 0 Å². The Morgan fingerprint density at radius 2 is 2.39 bits per heavy atom. The molecule has 1 aliphatic rings. The van der Waals surface area contributed by atoms with Crippen LogP contribution in [-0.2, 0) is 11.3 Å². The molecular weight excluding hydrogens is 244 g/mol. The van der Waals surface area contributed by atoms with E-state index in [0.717, 1.165) is 32.2 Å². The molecule has 1 saturated heterocycles. The van der Waals surface area contributed by atoms with E-state index in [9.17, 15) is 4.79 Å². The Kier molecular flexibility index (Phi) is 4.40. The van der Waals surface area contributed by atoms with Crippen molar-refractivity contribution in [3.63, 3.8) is 0 Å². The van der Waals surface area contributed by atoms with Gasteiger partial charge in [0.25, 0.3) is 0 Å². The lowest BCUT2D eigenvalue weighted by molar-refractivity contribution is -0.127.